The molecule has 2 heterocycles. The summed E-state index contributed by atoms with van der Waals surface area (Å²) in [6, 6.07) is 3.94. The molecule has 15 heavy (non-hydrogen) atoms. The van der Waals surface area contributed by atoms with E-state index in [1.807, 2.05) is 25.3 Å². The Labute approximate surface area is 90.0 Å². The molecule has 0 saturated heterocycles. The van der Waals surface area contributed by atoms with Crippen LogP contribution in [0.25, 0.3) is 0 Å². The van der Waals surface area contributed by atoms with Gasteiger partial charge in [-0.05, 0) is 37.0 Å². The lowest BCUT2D eigenvalue weighted by Gasteiger charge is -2.19. The van der Waals surface area contributed by atoms with Crippen molar-refractivity contribution in [2.75, 3.05) is 6.61 Å². The van der Waals surface area contributed by atoms with Gasteiger partial charge >= 0.3 is 0 Å². The molecular formula is C12H16N2O. The van der Waals surface area contributed by atoms with Crippen LogP contribution in [-0.4, -0.2) is 11.6 Å². The van der Waals surface area contributed by atoms with Crippen molar-refractivity contribution < 1.29 is 4.74 Å². The second-order valence-corrected chi connectivity index (χ2v) is 3.88. The molecule has 0 fully saturated rings. The van der Waals surface area contributed by atoms with Crippen molar-refractivity contribution in [2.45, 2.75) is 25.8 Å². The van der Waals surface area contributed by atoms with Crippen molar-refractivity contribution in [3.63, 3.8) is 0 Å². The zero-order chi connectivity index (χ0) is 10.7. The van der Waals surface area contributed by atoms with Gasteiger partial charge in [0.2, 0.25) is 0 Å². The van der Waals surface area contributed by atoms with E-state index in [4.69, 9.17) is 10.5 Å². The van der Waals surface area contributed by atoms with Crippen molar-refractivity contribution in [2.24, 2.45) is 5.73 Å². The SMILES string of the molecule is Cc1ccc(C(N)C2=COCCC2)cn1. The molecule has 1 aromatic rings. The topological polar surface area (TPSA) is 48.1 Å². The van der Waals surface area contributed by atoms with E-state index in [0.717, 1.165) is 36.3 Å². The van der Waals surface area contributed by atoms with Gasteiger partial charge in [-0.15, -0.1) is 0 Å². The van der Waals surface area contributed by atoms with E-state index in [9.17, 15) is 0 Å². The number of hydrogen-bond donors (Lipinski definition) is 1. The second kappa shape index (κ2) is 4.45. The molecule has 1 aliphatic heterocycles. The number of nitrogens with zero attached hydrogens (tertiary/aromatic N) is 1. The van der Waals surface area contributed by atoms with Crippen LogP contribution in [0, 0.1) is 6.92 Å². The summed E-state index contributed by atoms with van der Waals surface area (Å²) < 4.78 is 5.29. The highest BCUT2D eigenvalue weighted by atomic mass is 16.5. The Bertz CT molecular complexity index is 356. The van der Waals surface area contributed by atoms with E-state index in [1.54, 1.807) is 6.26 Å². The highest BCUT2D eigenvalue weighted by molar-refractivity contribution is 5.26. The maximum Gasteiger partial charge on any atom is 0.0876 e. The van der Waals surface area contributed by atoms with E-state index in [-0.39, 0.29) is 6.04 Å². The maximum atomic E-state index is 6.13. The van der Waals surface area contributed by atoms with Crippen molar-refractivity contribution in [1.29, 1.82) is 0 Å². The molecule has 0 amide bonds. The van der Waals surface area contributed by atoms with E-state index in [2.05, 4.69) is 4.98 Å². The average Bonchev–Trinajstić information content (AvgIpc) is 2.30. The van der Waals surface area contributed by atoms with Crippen molar-refractivity contribution >= 4 is 0 Å². The Morgan fingerprint density at radius 1 is 1.47 bits per heavy atom. The summed E-state index contributed by atoms with van der Waals surface area (Å²) in [5.41, 5.74) is 9.36. The predicted molar refractivity (Wildman–Crippen MR) is 59.2 cm³/mol. The molecule has 1 atom stereocenters. The normalized spacial score (nSPS) is 17.9. The van der Waals surface area contributed by atoms with Crippen LogP contribution in [0.5, 0.6) is 0 Å². The first-order chi connectivity index (χ1) is 7.27. The van der Waals surface area contributed by atoms with Crippen LogP contribution < -0.4 is 5.73 Å². The predicted octanol–water partition coefficient (Wildman–Crippen LogP) is 2.08. The Balaban J connectivity index is 2.16. The zero-order valence-electron chi connectivity index (χ0n) is 8.94. The number of aromatic nitrogens is 1. The van der Waals surface area contributed by atoms with Crippen LogP contribution in [0.1, 0.15) is 30.1 Å². The number of pyridine rings is 1. The van der Waals surface area contributed by atoms with E-state index in [1.165, 1.54) is 0 Å². The standard InChI is InChI=1S/C12H16N2O/c1-9-4-5-10(7-14-9)12(13)11-3-2-6-15-8-11/h4-5,7-8,12H,2-3,6,13H2,1H3. The van der Waals surface area contributed by atoms with Crippen LogP contribution >= 0.6 is 0 Å². The number of rotatable bonds is 2. The quantitative estimate of drug-likeness (QED) is 0.802. The van der Waals surface area contributed by atoms with Gasteiger partial charge in [0, 0.05) is 11.9 Å². The molecule has 1 unspecified atom stereocenters. The molecule has 0 bridgehead atoms. The van der Waals surface area contributed by atoms with Crippen LogP contribution in [0.4, 0.5) is 0 Å². The van der Waals surface area contributed by atoms with Crippen LogP contribution in [0.15, 0.2) is 30.2 Å². The largest absolute Gasteiger partial charge is 0.501 e. The van der Waals surface area contributed by atoms with Gasteiger partial charge in [-0.1, -0.05) is 6.07 Å². The zero-order valence-corrected chi connectivity index (χ0v) is 8.94. The molecule has 1 aliphatic rings. The van der Waals surface area contributed by atoms with Gasteiger partial charge in [0.15, 0.2) is 0 Å². The molecule has 2 N–H and O–H groups in total. The fourth-order valence-electron chi connectivity index (χ4n) is 1.69. The van der Waals surface area contributed by atoms with E-state index in [0.29, 0.717) is 0 Å². The molecular weight excluding hydrogens is 188 g/mol. The third-order valence-electron chi connectivity index (χ3n) is 2.66. The molecule has 3 heteroatoms. The molecule has 0 spiro atoms. The molecule has 0 aromatic carbocycles. The highest BCUT2D eigenvalue weighted by Crippen LogP contribution is 2.24. The first-order valence-electron chi connectivity index (χ1n) is 5.26. The minimum Gasteiger partial charge on any atom is -0.501 e. The second-order valence-electron chi connectivity index (χ2n) is 3.88. The highest BCUT2D eigenvalue weighted by Gasteiger charge is 2.14. The Morgan fingerprint density at radius 2 is 2.33 bits per heavy atom. The lowest BCUT2D eigenvalue weighted by Crippen LogP contribution is -2.16. The lowest BCUT2D eigenvalue weighted by molar-refractivity contribution is 0.221. The fourth-order valence-corrected chi connectivity index (χ4v) is 1.69. The number of nitrogens with two attached hydrogens (primary N) is 1. The van der Waals surface area contributed by atoms with Crippen LogP contribution in [0.2, 0.25) is 0 Å². The van der Waals surface area contributed by atoms with Crippen LogP contribution in [-0.2, 0) is 4.74 Å². The van der Waals surface area contributed by atoms with Crippen molar-refractivity contribution in [1.82, 2.24) is 4.98 Å². The molecule has 0 saturated carbocycles. The monoisotopic (exact) mass is 204 g/mol. The van der Waals surface area contributed by atoms with Gasteiger partial charge in [0.05, 0.1) is 18.9 Å². The fraction of sp³-hybridized carbons (Fsp3) is 0.417. The molecule has 0 radical (unpaired) electrons. The summed E-state index contributed by atoms with van der Waals surface area (Å²) in [5, 5.41) is 0. The summed E-state index contributed by atoms with van der Waals surface area (Å²) in [6.45, 7) is 2.78. The van der Waals surface area contributed by atoms with E-state index >= 15 is 0 Å². The summed E-state index contributed by atoms with van der Waals surface area (Å²) in [6.07, 6.45) is 5.72. The summed E-state index contributed by atoms with van der Waals surface area (Å²) in [7, 11) is 0. The van der Waals surface area contributed by atoms with Gasteiger partial charge in [0.1, 0.15) is 0 Å². The molecule has 0 aliphatic carbocycles. The minimum absolute atomic E-state index is 0.0709. The molecule has 2 rings (SSSR count). The Morgan fingerprint density at radius 3 is 2.93 bits per heavy atom. The van der Waals surface area contributed by atoms with Gasteiger partial charge in [-0.25, -0.2) is 0 Å². The van der Waals surface area contributed by atoms with Gasteiger partial charge < -0.3 is 10.5 Å². The summed E-state index contributed by atoms with van der Waals surface area (Å²) >= 11 is 0. The first kappa shape index (κ1) is 10.2. The average molecular weight is 204 g/mol. The Kier molecular flexibility index (Phi) is 3.02. The smallest absolute Gasteiger partial charge is 0.0876 e. The summed E-state index contributed by atoms with van der Waals surface area (Å²) in [4.78, 5) is 4.25. The van der Waals surface area contributed by atoms with Crippen molar-refractivity contribution in [3.05, 3.63) is 41.4 Å². The first-order valence-corrected chi connectivity index (χ1v) is 5.26. The summed E-state index contributed by atoms with van der Waals surface area (Å²) in [5.74, 6) is 0. The molecule has 80 valence electrons. The third kappa shape index (κ3) is 2.36. The number of ether oxygens (including phenoxy) is 1. The number of aryl methyl sites for hydroxylation is 1. The molecule has 1 aromatic heterocycles. The Hall–Kier alpha value is -1.35. The lowest BCUT2D eigenvalue weighted by atomic mass is 9.97. The van der Waals surface area contributed by atoms with Crippen LogP contribution in [0.3, 0.4) is 0 Å². The van der Waals surface area contributed by atoms with Crippen molar-refractivity contribution in [3.8, 4) is 0 Å². The van der Waals surface area contributed by atoms with Gasteiger partial charge in [0.25, 0.3) is 0 Å². The third-order valence-corrected chi connectivity index (χ3v) is 2.66. The van der Waals surface area contributed by atoms with E-state index < -0.39 is 0 Å². The maximum absolute atomic E-state index is 6.13. The van der Waals surface area contributed by atoms with Gasteiger partial charge in [-0.3, -0.25) is 4.98 Å². The number of hydrogen-bond acceptors (Lipinski definition) is 3. The molecule has 3 nitrogen and oxygen atoms in total. The van der Waals surface area contributed by atoms with Gasteiger partial charge in [-0.2, -0.15) is 0 Å². The minimum atomic E-state index is -0.0709.